The van der Waals surface area contributed by atoms with Crippen LogP contribution in [-0.4, -0.2) is 46.8 Å². The van der Waals surface area contributed by atoms with Crippen LogP contribution in [0, 0.1) is 11.8 Å². The van der Waals surface area contributed by atoms with Crippen LogP contribution in [0.2, 0.25) is 0 Å². The van der Waals surface area contributed by atoms with E-state index in [0.29, 0.717) is 19.4 Å². The van der Waals surface area contributed by atoms with Crippen molar-refractivity contribution in [1.29, 1.82) is 0 Å². The maximum absolute atomic E-state index is 12.8. The van der Waals surface area contributed by atoms with E-state index in [4.69, 9.17) is 9.47 Å². The van der Waals surface area contributed by atoms with Gasteiger partial charge in [0.05, 0.1) is 18.4 Å². The summed E-state index contributed by atoms with van der Waals surface area (Å²) in [7, 11) is 0. The second kappa shape index (κ2) is 8.78. The number of hydrogen-bond acceptors (Lipinski definition) is 6. The number of esters is 2. The van der Waals surface area contributed by atoms with Gasteiger partial charge in [-0.1, -0.05) is 6.92 Å². The molecule has 0 bridgehead atoms. The lowest BCUT2D eigenvalue weighted by molar-refractivity contribution is -0.157. The van der Waals surface area contributed by atoms with Crippen molar-refractivity contribution in [1.82, 2.24) is 10.6 Å². The Labute approximate surface area is 183 Å². The van der Waals surface area contributed by atoms with Crippen molar-refractivity contribution >= 4 is 11.9 Å². The van der Waals surface area contributed by atoms with E-state index in [2.05, 4.69) is 66.0 Å². The van der Waals surface area contributed by atoms with E-state index < -0.39 is 0 Å². The molecule has 0 aliphatic carbocycles. The van der Waals surface area contributed by atoms with Gasteiger partial charge in [0.1, 0.15) is 6.10 Å². The van der Waals surface area contributed by atoms with Crippen molar-refractivity contribution in [2.45, 2.75) is 123 Å². The highest BCUT2D eigenvalue weighted by atomic mass is 16.5. The van der Waals surface area contributed by atoms with Crippen LogP contribution >= 0.6 is 0 Å². The van der Waals surface area contributed by atoms with Gasteiger partial charge >= 0.3 is 11.9 Å². The smallest absolute Gasteiger partial charge is 0.311 e. The average Bonchev–Trinajstić information content (AvgIpc) is 2.95. The molecular weight excluding hydrogens is 380 g/mol. The van der Waals surface area contributed by atoms with Gasteiger partial charge in [0.25, 0.3) is 0 Å². The van der Waals surface area contributed by atoms with Crippen LogP contribution in [0.1, 0.15) is 94.4 Å². The van der Waals surface area contributed by atoms with Crippen LogP contribution in [0.3, 0.4) is 0 Å². The van der Waals surface area contributed by atoms with Crippen LogP contribution in [0.4, 0.5) is 0 Å². The predicted molar refractivity (Wildman–Crippen MR) is 119 cm³/mol. The minimum absolute atomic E-state index is 0.0634. The molecule has 2 aliphatic rings. The number of ether oxygens (including phenoxy) is 2. The molecule has 0 aromatic heterocycles. The third-order valence-corrected chi connectivity index (χ3v) is 6.71. The molecule has 0 saturated carbocycles. The zero-order valence-electron chi connectivity index (χ0n) is 20.6. The first kappa shape index (κ1) is 25.1. The van der Waals surface area contributed by atoms with E-state index in [1.54, 1.807) is 0 Å². The van der Waals surface area contributed by atoms with Crippen molar-refractivity contribution in [3.63, 3.8) is 0 Å². The minimum Gasteiger partial charge on any atom is -0.465 e. The molecule has 0 radical (unpaired) electrons. The molecule has 0 aromatic rings. The van der Waals surface area contributed by atoms with E-state index in [9.17, 15) is 9.59 Å². The lowest BCUT2D eigenvalue weighted by atomic mass is 9.87. The average molecular weight is 425 g/mol. The summed E-state index contributed by atoms with van der Waals surface area (Å²) in [6, 6.07) is 0. The highest BCUT2D eigenvalue weighted by Gasteiger charge is 2.49. The lowest BCUT2D eigenvalue weighted by Crippen LogP contribution is -2.47. The molecule has 30 heavy (non-hydrogen) atoms. The second-order valence-corrected chi connectivity index (χ2v) is 11.8. The summed E-state index contributed by atoms with van der Waals surface area (Å²) in [5.74, 6) is -0.556. The number of rotatable bonds is 8. The third-order valence-electron chi connectivity index (χ3n) is 6.71. The molecule has 6 nitrogen and oxygen atoms in total. The first-order valence-corrected chi connectivity index (χ1v) is 11.5. The van der Waals surface area contributed by atoms with Crippen molar-refractivity contribution < 1.29 is 19.1 Å². The molecule has 2 rings (SSSR count). The zero-order chi connectivity index (χ0) is 23.0. The van der Waals surface area contributed by atoms with Gasteiger partial charge in [0, 0.05) is 22.2 Å². The summed E-state index contributed by atoms with van der Waals surface area (Å²) in [5.41, 5.74) is -0.672. The van der Waals surface area contributed by atoms with E-state index >= 15 is 0 Å². The Balaban J connectivity index is 1.78. The van der Waals surface area contributed by atoms with Crippen molar-refractivity contribution in [2.75, 3.05) is 6.61 Å². The monoisotopic (exact) mass is 424 g/mol. The summed E-state index contributed by atoms with van der Waals surface area (Å²) in [5, 5.41) is 7.05. The number of carbonyl (C=O) groups excluding carboxylic acids is 2. The molecule has 2 fully saturated rings. The van der Waals surface area contributed by atoms with Crippen LogP contribution in [0.25, 0.3) is 0 Å². The zero-order valence-corrected chi connectivity index (χ0v) is 20.6. The van der Waals surface area contributed by atoms with E-state index in [-0.39, 0.29) is 52.0 Å². The number of hydrogen-bond donors (Lipinski definition) is 2. The first-order chi connectivity index (χ1) is 13.6. The Morgan fingerprint density at radius 3 is 1.73 bits per heavy atom. The number of nitrogens with one attached hydrogen (secondary N) is 2. The SMILES string of the molecule is CCC(CCCOC(=O)C1CC(C)(C)NC1(C)C)OC(=O)C1CC(C)(C)NC1(C)C. The first-order valence-electron chi connectivity index (χ1n) is 11.5. The Hall–Kier alpha value is -1.14. The van der Waals surface area contributed by atoms with Gasteiger partial charge in [-0.25, -0.2) is 0 Å². The molecule has 3 unspecified atom stereocenters. The largest absolute Gasteiger partial charge is 0.465 e. The summed E-state index contributed by atoms with van der Waals surface area (Å²) in [4.78, 5) is 25.4. The quantitative estimate of drug-likeness (QED) is 0.454. The summed E-state index contributed by atoms with van der Waals surface area (Å²) >= 11 is 0. The van der Waals surface area contributed by atoms with Gasteiger partial charge in [0.15, 0.2) is 0 Å². The maximum Gasteiger partial charge on any atom is 0.311 e. The Morgan fingerprint density at radius 1 is 0.867 bits per heavy atom. The van der Waals surface area contributed by atoms with Gasteiger partial charge in [-0.3, -0.25) is 9.59 Å². The number of carbonyl (C=O) groups is 2. The Bertz CT molecular complexity index is 639. The highest BCUT2D eigenvalue weighted by molar-refractivity contribution is 5.75. The fraction of sp³-hybridized carbons (Fsp3) is 0.917. The van der Waals surface area contributed by atoms with Gasteiger partial charge in [-0.2, -0.15) is 0 Å². The standard InChI is InChI=1S/C24H44N2O4/c1-10-16(30-20(28)18-15-22(4,5)26-24(18,8)9)12-11-13-29-19(27)17-14-21(2,3)25-23(17,6)7/h16-18,25-26H,10-15H2,1-9H3. The lowest BCUT2D eigenvalue weighted by Gasteiger charge is -2.28. The van der Waals surface area contributed by atoms with Gasteiger partial charge < -0.3 is 20.1 Å². The maximum atomic E-state index is 12.8. The van der Waals surface area contributed by atoms with E-state index in [0.717, 1.165) is 19.3 Å². The van der Waals surface area contributed by atoms with Crippen LogP contribution in [-0.2, 0) is 19.1 Å². The summed E-state index contributed by atoms with van der Waals surface area (Å²) in [6.07, 6.45) is 3.57. The molecule has 0 aromatic carbocycles. The fourth-order valence-electron chi connectivity index (χ4n) is 5.48. The second-order valence-electron chi connectivity index (χ2n) is 11.8. The van der Waals surface area contributed by atoms with Crippen LogP contribution in [0.5, 0.6) is 0 Å². The van der Waals surface area contributed by atoms with Crippen molar-refractivity contribution in [3.8, 4) is 0 Å². The normalized spacial score (nSPS) is 29.4. The molecule has 6 heteroatoms. The molecule has 2 saturated heterocycles. The van der Waals surface area contributed by atoms with Gasteiger partial charge in [0.2, 0.25) is 0 Å². The third kappa shape index (κ3) is 6.19. The summed E-state index contributed by atoms with van der Waals surface area (Å²) < 4.78 is 11.4. The topological polar surface area (TPSA) is 76.7 Å². The van der Waals surface area contributed by atoms with Crippen molar-refractivity contribution in [2.24, 2.45) is 11.8 Å². The Kier molecular flexibility index (Phi) is 7.35. The molecule has 174 valence electrons. The molecule has 0 spiro atoms. The van der Waals surface area contributed by atoms with Crippen molar-refractivity contribution in [3.05, 3.63) is 0 Å². The Morgan fingerprint density at radius 2 is 1.33 bits per heavy atom. The van der Waals surface area contributed by atoms with Crippen LogP contribution < -0.4 is 10.6 Å². The molecule has 0 amide bonds. The molecular formula is C24H44N2O4. The highest BCUT2D eigenvalue weighted by Crippen LogP contribution is 2.37. The van der Waals surface area contributed by atoms with E-state index in [1.807, 2.05) is 6.92 Å². The summed E-state index contributed by atoms with van der Waals surface area (Å²) in [6.45, 7) is 19.1. The van der Waals surface area contributed by atoms with E-state index in [1.165, 1.54) is 0 Å². The molecule has 3 atom stereocenters. The molecule has 2 aliphatic heterocycles. The molecule has 2 N–H and O–H groups in total. The predicted octanol–water partition coefficient (Wildman–Crippen LogP) is 3.97. The molecule has 2 heterocycles. The van der Waals surface area contributed by atoms with Gasteiger partial charge in [-0.15, -0.1) is 0 Å². The fourth-order valence-corrected chi connectivity index (χ4v) is 5.48. The minimum atomic E-state index is -0.274. The van der Waals surface area contributed by atoms with Gasteiger partial charge in [-0.05, 0) is 87.5 Å². The van der Waals surface area contributed by atoms with Crippen LogP contribution in [0.15, 0.2) is 0 Å².